The first-order chi connectivity index (χ1) is 9.67. The van der Waals surface area contributed by atoms with Gasteiger partial charge in [-0.1, -0.05) is 36.6 Å². The van der Waals surface area contributed by atoms with E-state index in [1.807, 2.05) is 31.2 Å². The third-order valence-electron chi connectivity index (χ3n) is 4.86. The van der Waals surface area contributed by atoms with Gasteiger partial charge in [-0.05, 0) is 31.9 Å². The summed E-state index contributed by atoms with van der Waals surface area (Å²) in [6, 6.07) is 7.83. The van der Waals surface area contributed by atoms with Gasteiger partial charge in [0.25, 0.3) is 0 Å². The van der Waals surface area contributed by atoms with Gasteiger partial charge in [0.15, 0.2) is 0 Å². The summed E-state index contributed by atoms with van der Waals surface area (Å²) in [6.07, 6.45) is 4.78. The summed E-state index contributed by atoms with van der Waals surface area (Å²) in [7, 11) is 0. The van der Waals surface area contributed by atoms with Gasteiger partial charge in [0.05, 0.1) is 5.52 Å². The van der Waals surface area contributed by atoms with Crippen molar-refractivity contribution in [3.05, 3.63) is 24.3 Å². The van der Waals surface area contributed by atoms with Gasteiger partial charge in [-0.25, -0.2) is 4.68 Å². The molecule has 1 N–H and O–H groups in total. The molecule has 2 fully saturated rings. The molecule has 20 heavy (non-hydrogen) atoms. The summed E-state index contributed by atoms with van der Waals surface area (Å²) in [5.74, 6) is 0. The molecule has 106 valence electrons. The highest BCUT2D eigenvalue weighted by molar-refractivity contribution is 5.74. The normalized spacial score (nSPS) is 32.4. The van der Waals surface area contributed by atoms with Gasteiger partial charge in [0, 0.05) is 0 Å². The summed E-state index contributed by atoms with van der Waals surface area (Å²) in [5.41, 5.74) is 0.204. The summed E-state index contributed by atoms with van der Waals surface area (Å²) in [4.78, 5) is 0. The number of epoxide rings is 1. The number of rotatable bonds is 2. The Balaban J connectivity index is 1.86. The van der Waals surface area contributed by atoms with Crippen molar-refractivity contribution in [1.29, 1.82) is 0 Å². The minimum absolute atomic E-state index is 0.0318. The van der Waals surface area contributed by atoms with E-state index in [9.17, 15) is 5.11 Å². The lowest BCUT2D eigenvalue weighted by Crippen LogP contribution is -2.50. The van der Waals surface area contributed by atoms with Gasteiger partial charge in [-0.2, -0.15) is 0 Å². The number of ether oxygens (including phenoxy) is 1. The Hall–Kier alpha value is -1.46. The van der Waals surface area contributed by atoms with Crippen molar-refractivity contribution in [2.24, 2.45) is 0 Å². The minimum Gasteiger partial charge on any atom is -0.385 e. The zero-order valence-electron chi connectivity index (χ0n) is 11.6. The number of hydrogen-bond acceptors (Lipinski definition) is 4. The zero-order valence-corrected chi connectivity index (χ0v) is 11.6. The van der Waals surface area contributed by atoms with Gasteiger partial charge >= 0.3 is 0 Å². The molecule has 4 rings (SSSR count). The summed E-state index contributed by atoms with van der Waals surface area (Å²) in [6.45, 7) is 2.00. The molecule has 2 atom stereocenters. The predicted molar refractivity (Wildman–Crippen MR) is 74.1 cm³/mol. The van der Waals surface area contributed by atoms with Crippen molar-refractivity contribution in [3.8, 4) is 0 Å². The average molecular weight is 273 g/mol. The summed E-state index contributed by atoms with van der Waals surface area (Å²) < 4.78 is 7.71. The first-order valence-electron chi connectivity index (χ1n) is 7.38. The molecule has 1 aliphatic heterocycles. The Bertz CT molecular complexity index is 647. The van der Waals surface area contributed by atoms with Gasteiger partial charge in [-0.3, -0.25) is 0 Å². The van der Waals surface area contributed by atoms with Crippen LogP contribution in [0.5, 0.6) is 0 Å². The predicted octanol–water partition coefficient (Wildman–Crippen LogP) is 2.20. The van der Waals surface area contributed by atoms with E-state index in [1.165, 1.54) is 6.42 Å². The molecule has 5 nitrogen and oxygen atoms in total. The Morgan fingerprint density at radius 3 is 2.65 bits per heavy atom. The van der Waals surface area contributed by atoms with Crippen molar-refractivity contribution < 1.29 is 9.84 Å². The second-order valence-corrected chi connectivity index (χ2v) is 6.04. The van der Waals surface area contributed by atoms with Crippen LogP contribution in [-0.2, 0) is 10.5 Å². The summed E-state index contributed by atoms with van der Waals surface area (Å²) >= 11 is 0. The van der Waals surface area contributed by atoms with Crippen LogP contribution in [0, 0.1) is 0 Å². The van der Waals surface area contributed by atoms with Crippen molar-refractivity contribution in [2.45, 2.75) is 56.5 Å². The van der Waals surface area contributed by atoms with Crippen LogP contribution in [0.1, 0.15) is 39.0 Å². The van der Waals surface area contributed by atoms with E-state index in [2.05, 4.69) is 10.3 Å². The molecular weight excluding hydrogens is 254 g/mol. The molecule has 1 aromatic carbocycles. The minimum atomic E-state index is -0.832. The number of fused-ring (bicyclic) bond motifs is 1. The molecule has 2 unspecified atom stereocenters. The maximum Gasteiger partial charge on any atom is 0.218 e. The number of para-hydroxylation sites is 1. The van der Waals surface area contributed by atoms with Gasteiger partial charge < -0.3 is 9.84 Å². The lowest BCUT2D eigenvalue weighted by molar-refractivity contribution is -0.102. The third kappa shape index (κ3) is 1.45. The van der Waals surface area contributed by atoms with Gasteiger partial charge in [0.2, 0.25) is 5.72 Å². The molecule has 0 bridgehead atoms. The Labute approximate surface area is 117 Å². The van der Waals surface area contributed by atoms with E-state index >= 15 is 0 Å². The molecule has 1 saturated carbocycles. The SMILES string of the molecule is CC1OC1(n1nnc2ccccc21)C1(O)CCCCC1. The second-order valence-electron chi connectivity index (χ2n) is 6.04. The highest BCUT2D eigenvalue weighted by atomic mass is 16.6. The molecule has 2 aromatic rings. The Morgan fingerprint density at radius 1 is 1.25 bits per heavy atom. The molecule has 2 heterocycles. The van der Waals surface area contributed by atoms with Gasteiger partial charge in [0.1, 0.15) is 17.2 Å². The number of benzene rings is 1. The van der Waals surface area contributed by atoms with Crippen LogP contribution in [0.25, 0.3) is 11.0 Å². The first kappa shape index (κ1) is 12.3. The molecule has 5 heteroatoms. The lowest BCUT2D eigenvalue weighted by atomic mass is 9.78. The number of hydrogen-bond donors (Lipinski definition) is 1. The fourth-order valence-corrected chi connectivity index (χ4v) is 3.75. The molecular formula is C15H19N3O2. The van der Waals surface area contributed by atoms with Crippen molar-refractivity contribution >= 4 is 11.0 Å². The van der Waals surface area contributed by atoms with Crippen molar-refractivity contribution in [2.75, 3.05) is 0 Å². The molecule has 0 spiro atoms. The van der Waals surface area contributed by atoms with E-state index in [-0.39, 0.29) is 6.10 Å². The van der Waals surface area contributed by atoms with Crippen LogP contribution in [0.2, 0.25) is 0 Å². The second kappa shape index (κ2) is 4.02. The smallest absolute Gasteiger partial charge is 0.218 e. The number of nitrogens with zero attached hydrogens (tertiary/aromatic N) is 3. The molecule has 0 radical (unpaired) electrons. The van der Waals surface area contributed by atoms with E-state index in [0.29, 0.717) is 0 Å². The standard InChI is InChI=1S/C15H19N3O2/c1-11-15(20-11,14(19)9-5-2-6-10-14)18-13-8-4-3-7-12(13)16-17-18/h3-4,7-8,11,19H,2,5-6,9-10H2,1H3. The van der Waals surface area contributed by atoms with Crippen LogP contribution in [-0.4, -0.2) is 31.8 Å². The van der Waals surface area contributed by atoms with Crippen LogP contribution in [0.15, 0.2) is 24.3 Å². The highest BCUT2D eigenvalue weighted by Crippen LogP contribution is 2.55. The van der Waals surface area contributed by atoms with Crippen molar-refractivity contribution in [1.82, 2.24) is 15.0 Å². The van der Waals surface area contributed by atoms with Crippen LogP contribution in [0.3, 0.4) is 0 Å². The number of aliphatic hydroxyl groups is 1. The molecule has 0 amide bonds. The maximum absolute atomic E-state index is 11.1. The third-order valence-corrected chi connectivity index (χ3v) is 4.86. The topological polar surface area (TPSA) is 63.5 Å². The van der Waals surface area contributed by atoms with E-state index < -0.39 is 11.3 Å². The van der Waals surface area contributed by atoms with Gasteiger partial charge in [-0.15, -0.1) is 5.10 Å². The highest BCUT2D eigenvalue weighted by Gasteiger charge is 2.69. The maximum atomic E-state index is 11.1. The lowest BCUT2D eigenvalue weighted by Gasteiger charge is -2.37. The van der Waals surface area contributed by atoms with Crippen molar-refractivity contribution in [3.63, 3.8) is 0 Å². The quantitative estimate of drug-likeness (QED) is 0.852. The van der Waals surface area contributed by atoms with Crippen LogP contribution < -0.4 is 0 Å². The molecule has 1 aliphatic carbocycles. The molecule has 2 aliphatic rings. The zero-order chi connectivity index (χ0) is 13.8. The van der Waals surface area contributed by atoms with E-state index in [0.717, 1.165) is 36.7 Å². The van der Waals surface area contributed by atoms with E-state index in [4.69, 9.17) is 4.74 Å². The van der Waals surface area contributed by atoms with Crippen LogP contribution >= 0.6 is 0 Å². The molecule has 1 aromatic heterocycles. The number of aromatic nitrogens is 3. The summed E-state index contributed by atoms with van der Waals surface area (Å²) in [5, 5.41) is 19.6. The Kier molecular flexibility index (Phi) is 2.47. The fourth-order valence-electron chi connectivity index (χ4n) is 3.75. The largest absolute Gasteiger partial charge is 0.385 e. The monoisotopic (exact) mass is 273 g/mol. The molecule has 1 saturated heterocycles. The fraction of sp³-hybridized carbons (Fsp3) is 0.600. The average Bonchev–Trinajstić information content (AvgIpc) is 2.98. The van der Waals surface area contributed by atoms with E-state index in [1.54, 1.807) is 4.68 Å². The van der Waals surface area contributed by atoms with Crippen LogP contribution in [0.4, 0.5) is 0 Å². The first-order valence-corrected chi connectivity index (χ1v) is 7.38. The Morgan fingerprint density at radius 2 is 1.95 bits per heavy atom.